The van der Waals surface area contributed by atoms with Crippen LogP contribution in [0.4, 0.5) is 11.4 Å². The van der Waals surface area contributed by atoms with Crippen LogP contribution in [-0.2, 0) is 4.79 Å². The second kappa shape index (κ2) is 12.1. The Kier molecular flexibility index (Phi) is 8.66. The smallest absolute Gasteiger partial charge is 0.270 e. The van der Waals surface area contributed by atoms with Gasteiger partial charge in [-0.15, -0.1) is 0 Å². The van der Waals surface area contributed by atoms with E-state index in [4.69, 9.17) is 18.9 Å². The fourth-order valence-corrected chi connectivity index (χ4v) is 3.41. The molecule has 0 fully saturated rings. The molecule has 1 N–H and O–H groups in total. The lowest BCUT2D eigenvalue weighted by Gasteiger charge is -2.13. The predicted octanol–water partition coefficient (Wildman–Crippen LogP) is 5.45. The van der Waals surface area contributed by atoms with E-state index in [1.54, 1.807) is 45.6 Å². The first-order valence-corrected chi connectivity index (χ1v) is 10.8. The number of hydrogen-bond acceptors (Lipinski definition) is 7. The van der Waals surface area contributed by atoms with Gasteiger partial charge in [0.2, 0.25) is 11.7 Å². The number of nitro groups is 1. The first-order valence-electron chi connectivity index (χ1n) is 10.8. The summed E-state index contributed by atoms with van der Waals surface area (Å²) in [6.45, 7) is 0. The van der Waals surface area contributed by atoms with E-state index in [1.165, 1.54) is 31.4 Å². The molecular formula is C27H26N2O7. The fraction of sp³-hybridized carbons (Fsp3) is 0.148. The SMILES string of the molecule is COc1ccc(C=Cc2cc(OC)c(OC)c(OC)c2)cc1NC(=O)/C=C/c1cccc([N+](=O)[O-])c1. The molecule has 3 aromatic carbocycles. The van der Waals surface area contributed by atoms with Crippen molar-refractivity contribution in [2.45, 2.75) is 0 Å². The maximum atomic E-state index is 12.5. The molecule has 0 aliphatic carbocycles. The Morgan fingerprint density at radius 3 is 2.03 bits per heavy atom. The van der Waals surface area contributed by atoms with Crippen LogP contribution in [0.2, 0.25) is 0 Å². The number of anilines is 1. The number of nitrogens with one attached hydrogen (secondary N) is 1. The van der Waals surface area contributed by atoms with Crippen LogP contribution in [0.3, 0.4) is 0 Å². The molecule has 0 saturated heterocycles. The minimum absolute atomic E-state index is 0.0502. The highest BCUT2D eigenvalue weighted by atomic mass is 16.6. The molecule has 0 atom stereocenters. The highest BCUT2D eigenvalue weighted by Gasteiger charge is 2.12. The third-order valence-corrected chi connectivity index (χ3v) is 5.14. The van der Waals surface area contributed by atoms with Gasteiger partial charge in [-0.25, -0.2) is 0 Å². The van der Waals surface area contributed by atoms with E-state index in [1.807, 2.05) is 30.4 Å². The zero-order chi connectivity index (χ0) is 26.1. The van der Waals surface area contributed by atoms with Gasteiger partial charge < -0.3 is 24.3 Å². The molecule has 0 bridgehead atoms. The minimum atomic E-state index is -0.487. The molecule has 3 rings (SSSR count). The van der Waals surface area contributed by atoms with Crippen molar-refractivity contribution in [3.05, 3.63) is 87.5 Å². The minimum Gasteiger partial charge on any atom is -0.495 e. The van der Waals surface area contributed by atoms with E-state index in [0.717, 1.165) is 11.1 Å². The monoisotopic (exact) mass is 490 g/mol. The highest BCUT2D eigenvalue weighted by Crippen LogP contribution is 2.38. The van der Waals surface area contributed by atoms with Gasteiger partial charge in [0.15, 0.2) is 11.5 Å². The number of carbonyl (C=O) groups excluding carboxylic acids is 1. The molecule has 0 radical (unpaired) electrons. The Labute approximate surface area is 208 Å². The molecule has 186 valence electrons. The van der Waals surface area contributed by atoms with Crippen molar-refractivity contribution in [1.82, 2.24) is 0 Å². The summed E-state index contributed by atoms with van der Waals surface area (Å²) in [6, 6.07) is 15.0. The number of ether oxygens (including phenoxy) is 4. The molecule has 0 aliphatic rings. The third kappa shape index (κ3) is 6.41. The third-order valence-electron chi connectivity index (χ3n) is 5.14. The average Bonchev–Trinajstić information content (AvgIpc) is 2.90. The molecular weight excluding hydrogens is 464 g/mol. The van der Waals surface area contributed by atoms with Gasteiger partial charge in [0.25, 0.3) is 5.69 Å². The van der Waals surface area contributed by atoms with E-state index in [-0.39, 0.29) is 5.69 Å². The topological polar surface area (TPSA) is 109 Å². The molecule has 0 heterocycles. The summed E-state index contributed by atoms with van der Waals surface area (Å²) >= 11 is 0. The number of amides is 1. The van der Waals surface area contributed by atoms with E-state index in [2.05, 4.69) is 5.32 Å². The summed E-state index contributed by atoms with van der Waals surface area (Å²) in [5.74, 6) is 1.65. The molecule has 9 nitrogen and oxygen atoms in total. The molecule has 3 aromatic rings. The van der Waals surface area contributed by atoms with Crippen molar-refractivity contribution >= 4 is 35.5 Å². The largest absolute Gasteiger partial charge is 0.495 e. The van der Waals surface area contributed by atoms with Crippen LogP contribution in [0.1, 0.15) is 16.7 Å². The standard InChI is InChI=1S/C27H26N2O7/c1-33-23-12-10-19(8-9-20-16-24(34-2)27(36-4)25(17-20)35-3)15-22(23)28-26(30)13-11-18-6-5-7-21(14-18)29(31)32/h5-17H,1-4H3,(H,28,30)/b9-8?,13-11+. The van der Waals surface area contributed by atoms with Crippen molar-refractivity contribution in [2.24, 2.45) is 0 Å². The van der Waals surface area contributed by atoms with Crippen molar-refractivity contribution in [3.63, 3.8) is 0 Å². The zero-order valence-corrected chi connectivity index (χ0v) is 20.3. The van der Waals surface area contributed by atoms with Crippen LogP contribution in [0, 0.1) is 10.1 Å². The highest BCUT2D eigenvalue weighted by molar-refractivity contribution is 6.03. The van der Waals surface area contributed by atoms with Crippen molar-refractivity contribution < 1.29 is 28.7 Å². The van der Waals surface area contributed by atoms with Gasteiger partial charge in [0.1, 0.15) is 5.75 Å². The first-order chi connectivity index (χ1) is 17.4. The number of benzene rings is 3. The van der Waals surface area contributed by atoms with Gasteiger partial charge in [-0.1, -0.05) is 30.4 Å². The van der Waals surface area contributed by atoms with Crippen LogP contribution in [0.5, 0.6) is 23.0 Å². The first kappa shape index (κ1) is 25.8. The number of rotatable bonds is 10. The van der Waals surface area contributed by atoms with Gasteiger partial charge >= 0.3 is 0 Å². The molecule has 0 spiro atoms. The summed E-state index contributed by atoms with van der Waals surface area (Å²) < 4.78 is 21.5. The summed E-state index contributed by atoms with van der Waals surface area (Å²) in [6.07, 6.45) is 6.55. The molecule has 1 amide bonds. The van der Waals surface area contributed by atoms with Crippen LogP contribution < -0.4 is 24.3 Å². The Morgan fingerprint density at radius 2 is 1.42 bits per heavy atom. The van der Waals surface area contributed by atoms with Crippen LogP contribution >= 0.6 is 0 Å². The van der Waals surface area contributed by atoms with E-state index in [0.29, 0.717) is 34.2 Å². The summed E-state index contributed by atoms with van der Waals surface area (Å²) in [5, 5.41) is 13.7. The lowest BCUT2D eigenvalue weighted by atomic mass is 10.1. The second-order valence-electron chi connectivity index (χ2n) is 7.43. The molecule has 9 heteroatoms. The number of nitrogens with zero attached hydrogens (tertiary/aromatic N) is 1. The maximum Gasteiger partial charge on any atom is 0.270 e. The van der Waals surface area contributed by atoms with Crippen LogP contribution in [0.25, 0.3) is 18.2 Å². The van der Waals surface area contributed by atoms with Crippen molar-refractivity contribution in [2.75, 3.05) is 33.8 Å². The Bertz CT molecular complexity index is 1290. The second-order valence-corrected chi connectivity index (χ2v) is 7.43. The van der Waals surface area contributed by atoms with E-state index >= 15 is 0 Å². The molecule has 0 saturated carbocycles. The predicted molar refractivity (Wildman–Crippen MR) is 139 cm³/mol. The molecule has 0 aliphatic heterocycles. The number of hydrogen-bond donors (Lipinski definition) is 1. The molecule has 36 heavy (non-hydrogen) atoms. The Morgan fingerprint density at radius 1 is 0.778 bits per heavy atom. The van der Waals surface area contributed by atoms with Crippen LogP contribution in [0.15, 0.2) is 60.7 Å². The Hall–Kier alpha value is -4.79. The normalized spacial score (nSPS) is 10.9. The van der Waals surface area contributed by atoms with Gasteiger partial charge in [-0.2, -0.15) is 0 Å². The van der Waals surface area contributed by atoms with Crippen molar-refractivity contribution in [3.8, 4) is 23.0 Å². The van der Waals surface area contributed by atoms with Crippen LogP contribution in [-0.4, -0.2) is 39.3 Å². The average molecular weight is 491 g/mol. The van der Waals surface area contributed by atoms with Gasteiger partial charge in [0.05, 0.1) is 39.0 Å². The molecule has 0 aromatic heterocycles. The lowest BCUT2D eigenvalue weighted by molar-refractivity contribution is -0.384. The maximum absolute atomic E-state index is 12.5. The number of methoxy groups -OCH3 is 4. The molecule has 0 unspecified atom stereocenters. The number of nitro benzene ring substituents is 1. The van der Waals surface area contributed by atoms with Gasteiger partial charge in [0, 0.05) is 18.2 Å². The van der Waals surface area contributed by atoms with Gasteiger partial charge in [-0.3, -0.25) is 14.9 Å². The zero-order valence-electron chi connectivity index (χ0n) is 20.3. The quantitative estimate of drug-likeness (QED) is 0.174. The number of non-ortho nitro benzene ring substituents is 1. The summed E-state index contributed by atoms with van der Waals surface area (Å²) in [7, 11) is 6.16. The van der Waals surface area contributed by atoms with Crippen molar-refractivity contribution in [1.29, 1.82) is 0 Å². The Balaban J connectivity index is 1.80. The lowest BCUT2D eigenvalue weighted by Crippen LogP contribution is -2.09. The summed E-state index contributed by atoms with van der Waals surface area (Å²) in [4.78, 5) is 23.0. The van der Waals surface area contributed by atoms with Gasteiger partial charge in [-0.05, 0) is 47.0 Å². The number of carbonyl (C=O) groups is 1. The summed E-state index contributed by atoms with van der Waals surface area (Å²) in [5.41, 5.74) is 2.59. The van der Waals surface area contributed by atoms with E-state index < -0.39 is 10.8 Å². The van der Waals surface area contributed by atoms with E-state index in [9.17, 15) is 14.9 Å². The fourth-order valence-electron chi connectivity index (χ4n) is 3.41.